The summed E-state index contributed by atoms with van der Waals surface area (Å²) < 4.78 is 18.5. The van der Waals surface area contributed by atoms with Crippen molar-refractivity contribution in [1.29, 1.82) is 0 Å². The minimum atomic E-state index is -0.453. The number of methoxy groups -OCH3 is 1. The van der Waals surface area contributed by atoms with Gasteiger partial charge in [0, 0.05) is 18.2 Å². The van der Waals surface area contributed by atoms with Crippen LogP contribution in [0.3, 0.4) is 0 Å². The number of benzene rings is 2. The van der Waals surface area contributed by atoms with E-state index in [1.807, 2.05) is 18.2 Å². The van der Waals surface area contributed by atoms with Gasteiger partial charge in [0.05, 0.1) is 18.5 Å². The van der Waals surface area contributed by atoms with E-state index in [4.69, 9.17) is 10.5 Å². The molecule has 2 aromatic carbocycles. The number of halogens is 1. The van der Waals surface area contributed by atoms with Crippen LogP contribution in [0, 0.1) is 5.82 Å². The van der Waals surface area contributed by atoms with Crippen molar-refractivity contribution in [3.05, 3.63) is 53.8 Å². The van der Waals surface area contributed by atoms with Crippen molar-refractivity contribution >= 4 is 11.4 Å². The third-order valence-electron chi connectivity index (χ3n) is 3.11. The van der Waals surface area contributed by atoms with E-state index in [0.29, 0.717) is 11.4 Å². The SMILES string of the molecule is COc1cc(NC(C)Cc2ccccc2)c(N)cc1F. The standard InChI is InChI=1S/C16H19FN2O/c1-11(8-12-6-4-3-5-7-12)19-15-10-16(20-2)13(17)9-14(15)18/h3-7,9-11,19H,8,18H2,1-2H3. The summed E-state index contributed by atoms with van der Waals surface area (Å²) in [7, 11) is 1.44. The summed E-state index contributed by atoms with van der Waals surface area (Å²) in [4.78, 5) is 0. The lowest BCUT2D eigenvalue weighted by Gasteiger charge is -2.18. The molecule has 2 rings (SSSR count). The largest absolute Gasteiger partial charge is 0.494 e. The predicted molar refractivity (Wildman–Crippen MR) is 80.6 cm³/mol. The summed E-state index contributed by atoms with van der Waals surface area (Å²) in [5, 5.41) is 3.29. The molecule has 1 atom stereocenters. The van der Waals surface area contributed by atoms with Crippen LogP contribution in [0.15, 0.2) is 42.5 Å². The third kappa shape index (κ3) is 3.41. The lowest BCUT2D eigenvalue weighted by Crippen LogP contribution is -2.19. The highest BCUT2D eigenvalue weighted by molar-refractivity contribution is 5.69. The molecule has 0 heterocycles. The second-order valence-electron chi connectivity index (χ2n) is 4.81. The first-order chi connectivity index (χ1) is 9.60. The maximum absolute atomic E-state index is 13.5. The highest BCUT2D eigenvalue weighted by atomic mass is 19.1. The van der Waals surface area contributed by atoms with E-state index in [2.05, 4.69) is 24.4 Å². The Kier molecular flexibility index (Phi) is 4.45. The van der Waals surface area contributed by atoms with Crippen molar-refractivity contribution < 1.29 is 9.13 Å². The number of hydrogen-bond donors (Lipinski definition) is 2. The molecule has 0 aliphatic rings. The van der Waals surface area contributed by atoms with E-state index in [9.17, 15) is 4.39 Å². The zero-order chi connectivity index (χ0) is 14.5. The van der Waals surface area contributed by atoms with E-state index in [-0.39, 0.29) is 11.8 Å². The molecule has 0 bridgehead atoms. The molecule has 0 saturated heterocycles. The normalized spacial score (nSPS) is 11.9. The van der Waals surface area contributed by atoms with Crippen LogP contribution in [0.2, 0.25) is 0 Å². The Labute approximate surface area is 118 Å². The number of nitrogen functional groups attached to an aromatic ring is 1. The number of rotatable bonds is 5. The summed E-state index contributed by atoms with van der Waals surface area (Å²) in [6, 6.07) is 13.2. The minimum Gasteiger partial charge on any atom is -0.494 e. The van der Waals surface area contributed by atoms with Gasteiger partial charge in [0.1, 0.15) is 0 Å². The van der Waals surface area contributed by atoms with Crippen molar-refractivity contribution in [2.75, 3.05) is 18.2 Å². The maximum atomic E-state index is 13.5. The zero-order valence-electron chi connectivity index (χ0n) is 11.7. The zero-order valence-corrected chi connectivity index (χ0v) is 11.7. The lowest BCUT2D eigenvalue weighted by molar-refractivity contribution is 0.387. The van der Waals surface area contributed by atoms with Crippen LogP contribution in [0.25, 0.3) is 0 Å². The summed E-state index contributed by atoms with van der Waals surface area (Å²) >= 11 is 0. The highest BCUT2D eigenvalue weighted by Gasteiger charge is 2.11. The van der Waals surface area contributed by atoms with Crippen LogP contribution in [-0.2, 0) is 6.42 Å². The van der Waals surface area contributed by atoms with E-state index in [1.165, 1.54) is 18.7 Å². The molecule has 0 spiro atoms. The molecule has 3 N–H and O–H groups in total. The molecule has 106 valence electrons. The quantitative estimate of drug-likeness (QED) is 0.821. The Hall–Kier alpha value is -2.23. The van der Waals surface area contributed by atoms with Crippen LogP contribution in [-0.4, -0.2) is 13.2 Å². The summed E-state index contributed by atoms with van der Waals surface area (Å²) in [5.74, 6) is -0.264. The first-order valence-electron chi connectivity index (χ1n) is 6.53. The number of hydrogen-bond acceptors (Lipinski definition) is 3. The van der Waals surface area contributed by atoms with Gasteiger partial charge < -0.3 is 15.8 Å². The highest BCUT2D eigenvalue weighted by Crippen LogP contribution is 2.28. The van der Waals surface area contributed by atoms with Gasteiger partial charge >= 0.3 is 0 Å². The Bertz CT molecular complexity index is 572. The molecule has 4 heteroatoms. The molecule has 2 aromatic rings. The number of nitrogens with one attached hydrogen (secondary N) is 1. The Balaban J connectivity index is 2.09. The van der Waals surface area contributed by atoms with Crippen molar-refractivity contribution in [3.8, 4) is 5.75 Å². The lowest BCUT2D eigenvalue weighted by atomic mass is 10.1. The van der Waals surface area contributed by atoms with Gasteiger partial charge in [0.25, 0.3) is 0 Å². The van der Waals surface area contributed by atoms with Crippen LogP contribution in [0.5, 0.6) is 5.75 Å². The fourth-order valence-electron chi connectivity index (χ4n) is 2.13. The van der Waals surface area contributed by atoms with Gasteiger partial charge in [-0.05, 0) is 18.9 Å². The smallest absolute Gasteiger partial charge is 0.167 e. The summed E-state index contributed by atoms with van der Waals surface area (Å²) in [6.07, 6.45) is 0.861. The second kappa shape index (κ2) is 6.28. The monoisotopic (exact) mass is 274 g/mol. The third-order valence-corrected chi connectivity index (χ3v) is 3.11. The average molecular weight is 274 g/mol. The summed E-state index contributed by atoms with van der Waals surface area (Å²) in [5.41, 5.74) is 8.13. The number of ether oxygens (including phenoxy) is 1. The van der Waals surface area contributed by atoms with E-state index in [1.54, 1.807) is 6.07 Å². The van der Waals surface area contributed by atoms with Crippen LogP contribution >= 0.6 is 0 Å². The molecule has 20 heavy (non-hydrogen) atoms. The van der Waals surface area contributed by atoms with E-state index >= 15 is 0 Å². The van der Waals surface area contributed by atoms with Crippen LogP contribution < -0.4 is 15.8 Å². The Morgan fingerprint density at radius 1 is 1.25 bits per heavy atom. The summed E-state index contributed by atoms with van der Waals surface area (Å²) in [6.45, 7) is 2.06. The second-order valence-corrected chi connectivity index (χ2v) is 4.81. The van der Waals surface area contributed by atoms with Crippen molar-refractivity contribution in [2.24, 2.45) is 0 Å². The van der Waals surface area contributed by atoms with Crippen LogP contribution in [0.1, 0.15) is 12.5 Å². The molecule has 0 aliphatic carbocycles. The molecule has 0 radical (unpaired) electrons. The predicted octanol–water partition coefficient (Wildman–Crippen LogP) is 3.46. The van der Waals surface area contributed by atoms with E-state index < -0.39 is 5.82 Å². The minimum absolute atomic E-state index is 0.176. The van der Waals surface area contributed by atoms with Crippen molar-refractivity contribution in [3.63, 3.8) is 0 Å². The Morgan fingerprint density at radius 3 is 2.60 bits per heavy atom. The van der Waals surface area contributed by atoms with Crippen molar-refractivity contribution in [2.45, 2.75) is 19.4 Å². The van der Waals surface area contributed by atoms with Gasteiger partial charge in [-0.25, -0.2) is 4.39 Å². The number of nitrogens with two attached hydrogens (primary N) is 1. The van der Waals surface area contributed by atoms with Gasteiger partial charge in [-0.1, -0.05) is 30.3 Å². The fraction of sp³-hybridized carbons (Fsp3) is 0.250. The molecule has 3 nitrogen and oxygen atoms in total. The van der Waals surface area contributed by atoms with E-state index in [0.717, 1.165) is 6.42 Å². The van der Waals surface area contributed by atoms with Gasteiger partial charge in [-0.15, -0.1) is 0 Å². The molecule has 0 amide bonds. The topological polar surface area (TPSA) is 47.3 Å². The van der Waals surface area contributed by atoms with Gasteiger partial charge in [-0.2, -0.15) is 0 Å². The first kappa shape index (κ1) is 14.2. The van der Waals surface area contributed by atoms with Gasteiger partial charge in [-0.3, -0.25) is 0 Å². The molecule has 0 aliphatic heterocycles. The molecule has 1 unspecified atom stereocenters. The van der Waals surface area contributed by atoms with Gasteiger partial charge in [0.15, 0.2) is 11.6 Å². The molecule has 0 aromatic heterocycles. The van der Waals surface area contributed by atoms with Gasteiger partial charge in [0.2, 0.25) is 0 Å². The number of anilines is 2. The fourth-order valence-corrected chi connectivity index (χ4v) is 2.13. The maximum Gasteiger partial charge on any atom is 0.167 e. The Morgan fingerprint density at radius 2 is 1.95 bits per heavy atom. The van der Waals surface area contributed by atoms with Crippen LogP contribution in [0.4, 0.5) is 15.8 Å². The van der Waals surface area contributed by atoms with Crippen molar-refractivity contribution in [1.82, 2.24) is 0 Å². The molecular weight excluding hydrogens is 255 g/mol. The molecule has 0 saturated carbocycles. The average Bonchev–Trinajstić information content (AvgIpc) is 2.43. The first-order valence-corrected chi connectivity index (χ1v) is 6.53. The molecule has 0 fully saturated rings. The molecular formula is C16H19FN2O.